The van der Waals surface area contributed by atoms with Crippen molar-refractivity contribution in [1.29, 1.82) is 0 Å². The zero-order valence-corrected chi connectivity index (χ0v) is 25.3. The molecule has 2 heterocycles. The summed E-state index contributed by atoms with van der Waals surface area (Å²) in [7, 11) is -7.08. The first-order chi connectivity index (χ1) is 19.2. The monoisotopic (exact) mass is 622 g/mol. The molecule has 0 aliphatic rings. The lowest BCUT2D eigenvalue weighted by atomic mass is 10.0. The highest BCUT2D eigenvalue weighted by Crippen LogP contribution is 2.21. The van der Waals surface area contributed by atoms with Crippen molar-refractivity contribution < 1.29 is 26.7 Å². The van der Waals surface area contributed by atoms with Crippen molar-refractivity contribution >= 4 is 47.3 Å². The Kier molecular flexibility index (Phi) is 8.95. The summed E-state index contributed by atoms with van der Waals surface area (Å²) in [5, 5.41) is 9.96. The second kappa shape index (κ2) is 11.6. The summed E-state index contributed by atoms with van der Waals surface area (Å²) in [6.07, 6.45) is 1.10. The number of aliphatic hydroxyl groups excluding tert-OH is 1. The molecule has 0 saturated carbocycles. The maximum absolute atomic E-state index is 12.3. The Morgan fingerprint density at radius 2 is 1.19 bits per heavy atom. The van der Waals surface area contributed by atoms with Crippen LogP contribution in [0.5, 0.6) is 0 Å². The first-order valence-corrected chi connectivity index (χ1v) is 16.4. The van der Waals surface area contributed by atoms with Gasteiger partial charge in [-0.1, -0.05) is 0 Å². The van der Waals surface area contributed by atoms with Gasteiger partial charge in [-0.2, -0.15) is 0 Å². The van der Waals surface area contributed by atoms with Crippen LogP contribution in [0, 0.1) is 13.8 Å². The van der Waals surface area contributed by atoms with Gasteiger partial charge in [-0.25, -0.2) is 35.6 Å². The molecule has 0 bridgehead atoms. The van der Waals surface area contributed by atoms with Gasteiger partial charge in [0.15, 0.2) is 25.5 Å². The number of sulfone groups is 2. The maximum Gasteiger partial charge on any atom is 0.329 e. The predicted octanol–water partition coefficient (Wildman–Crippen LogP) is 0.257. The summed E-state index contributed by atoms with van der Waals surface area (Å²) in [4.78, 5) is 64.8. The van der Waals surface area contributed by atoms with E-state index in [1.165, 1.54) is 25.1 Å². The number of benzene rings is 2. The Balaban J connectivity index is 0.000000230. The van der Waals surface area contributed by atoms with Crippen LogP contribution in [0.25, 0.3) is 21.8 Å². The van der Waals surface area contributed by atoms with Crippen LogP contribution in [0.2, 0.25) is 0 Å². The van der Waals surface area contributed by atoms with E-state index in [-0.39, 0.29) is 22.1 Å². The fraction of sp³-hybridized carbons (Fsp3) is 0.346. The van der Waals surface area contributed by atoms with Crippen LogP contribution in [0.15, 0.2) is 43.4 Å². The van der Waals surface area contributed by atoms with Crippen LogP contribution in [-0.2, 0) is 31.4 Å². The number of ketones is 1. The molecule has 2 aromatic heterocycles. The molecule has 0 saturated heterocycles. The normalized spacial score (nSPS) is 12.6. The SMILES string of the molecule is CC(=O)c1cc2c(=O)n(CS(C)(=O)=O)c(=O)[nH]c2cc1C.Cc1cc2[nH]c(=O)n(CS(C)(=O)=O)c(=O)c2cc1C(C)O. The zero-order chi connectivity index (χ0) is 31.9. The number of carbonyl (C=O) groups excluding carboxylic acids is 1. The highest BCUT2D eigenvalue weighted by molar-refractivity contribution is 7.89. The topological polar surface area (TPSA) is 215 Å². The largest absolute Gasteiger partial charge is 0.389 e. The molecule has 4 aromatic rings. The van der Waals surface area contributed by atoms with Crippen molar-refractivity contribution in [2.24, 2.45) is 0 Å². The molecular formula is C26H30N4O10S2. The molecule has 226 valence electrons. The molecule has 1 unspecified atom stereocenters. The first kappa shape index (κ1) is 32.4. The van der Waals surface area contributed by atoms with Crippen molar-refractivity contribution in [2.75, 3.05) is 12.5 Å². The number of hydrogen-bond donors (Lipinski definition) is 3. The molecule has 0 aliphatic heterocycles. The molecule has 3 N–H and O–H groups in total. The van der Waals surface area contributed by atoms with Crippen molar-refractivity contribution in [2.45, 2.75) is 45.6 Å². The highest BCUT2D eigenvalue weighted by atomic mass is 32.2. The van der Waals surface area contributed by atoms with Crippen molar-refractivity contribution in [3.63, 3.8) is 0 Å². The van der Waals surface area contributed by atoms with E-state index in [2.05, 4.69) is 9.97 Å². The van der Waals surface area contributed by atoms with Crippen LogP contribution in [-0.4, -0.2) is 59.3 Å². The van der Waals surface area contributed by atoms with Crippen molar-refractivity contribution in [3.8, 4) is 0 Å². The van der Waals surface area contributed by atoms with Crippen molar-refractivity contribution in [3.05, 3.63) is 88.2 Å². The van der Waals surface area contributed by atoms with Crippen LogP contribution in [0.3, 0.4) is 0 Å². The van der Waals surface area contributed by atoms with Gasteiger partial charge in [0, 0.05) is 18.1 Å². The van der Waals surface area contributed by atoms with Crippen LogP contribution in [0.4, 0.5) is 0 Å². The van der Waals surface area contributed by atoms with Gasteiger partial charge in [0.05, 0.1) is 27.9 Å². The molecule has 0 fully saturated rings. The molecule has 0 amide bonds. The third-order valence-electron chi connectivity index (χ3n) is 6.25. The van der Waals surface area contributed by atoms with E-state index < -0.39 is 60.0 Å². The lowest BCUT2D eigenvalue weighted by molar-refractivity contribution is 0.101. The van der Waals surface area contributed by atoms with E-state index >= 15 is 0 Å². The first-order valence-electron chi connectivity index (χ1n) is 12.3. The van der Waals surface area contributed by atoms with Crippen LogP contribution < -0.4 is 22.5 Å². The molecule has 4 rings (SSSR count). The van der Waals surface area contributed by atoms with Crippen LogP contribution >= 0.6 is 0 Å². The minimum Gasteiger partial charge on any atom is -0.389 e. The standard InChI is InChI=1S/C13H16N2O5S.C13H14N2O5S/c2*1-7-4-11-10(5-9(7)8(2)16)12(17)15(13(18)14-11)6-21(3,19)20/h4-5,8,16H,6H2,1-3H3,(H,14,18);4-5H,6H2,1-3H3,(H,14,18). The van der Waals surface area contributed by atoms with E-state index in [1.807, 2.05) is 0 Å². The molecule has 14 nitrogen and oxygen atoms in total. The Hall–Kier alpha value is -4.15. The van der Waals surface area contributed by atoms with E-state index in [1.54, 1.807) is 26.8 Å². The number of aliphatic hydroxyl groups is 1. The van der Waals surface area contributed by atoms with E-state index in [9.17, 15) is 45.9 Å². The smallest absolute Gasteiger partial charge is 0.329 e. The summed E-state index contributed by atoms with van der Waals surface area (Å²) in [6.45, 7) is 6.38. The third kappa shape index (κ3) is 7.18. The molecule has 0 spiro atoms. The van der Waals surface area contributed by atoms with E-state index in [0.717, 1.165) is 18.1 Å². The second-order valence-electron chi connectivity index (χ2n) is 10.1. The number of aryl methyl sites for hydroxylation is 2. The quantitative estimate of drug-likeness (QED) is 0.249. The molecule has 0 radical (unpaired) electrons. The number of rotatable bonds is 6. The molecule has 42 heavy (non-hydrogen) atoms. The van der Waals surface area contributed by atoms with Crippen molar-refractivity contribution in [1.82, 2.24) is 19.1 Å². The number of fused-ring (bicyclic) bond motifs is 2. The fourth-order valence-electron chi connectivity index (χ4n) is 4.37. The van der Waals surface area contributed by atoms with Gasteiger partial charge in [0.1, 0.15) is 11.8 Å². The Labute approximate surface area is 239 Å². The van der Waals surface area contributed by atoms with Gasteiger partial charge in [-0.15, -0.1) is 0 Å². The van der Waals surface area contributed by atoms with Gasteiger partial charge in [-0.3, -0.25) is 14.4 Å². The lowest BCUT2D eigenvalue weighted by Gasteiger charge is -2.11. The Bertz CT molecular complexity index is 2200. The van der Waals surface area contributed by atoms with Gasteiger partial charge in [0.2, 0.25) is 0 Å². The average molecular weight is 623 g/mol. The predicted molar refractivity (Wildman–Crippen MR) is 157 cm³/mol. The van der Waals surface area contributed by atoms with Gasteiger partial charge in [-0.05, 0) is 68.7 Å². The maximum atomic E-state index is 12.3. The number of hydrogen-bond acceptors (Lipinski definition) is 10. The summed E-state index contributed by atoms with van der Waals surface area (Å²) in [5.74, 6) is -1.61. The van der Waals surface area contributed by atoms with Gasteiger partial charge in [0.25, 0.3) is 11.1 Å². The fourth-order valence-corrected chi connectivity index (χ4v) is 5.77. The minimum atomic E-state index is -3.55. The molecule has 1 atom stereocenters. The van der Waals surface area contributed by atoms with Gasteiger partial charge >= 0.3 is 11.4 Å². The number of carbonyl (C=O) groups is 1. The minimum absolute atomic E-state index is 0.106. The summed E-state index contributed by atoms with van der Waals surface area (Å²) in [6, 6.07) is 5.97. The Morgan fingerprint density at radius 1 is 0.786 bits per heavy atom. The second-order valence-corrected chi connectivity index (χ2v) is 14.4. The molecule has 16 heteroatoms. The number of H-pyrrole nitrogens is 2. The number of aromatic nitrogens is 4. The number of aromatic amines is 2. The zero-order valence-electron chi connectivity index (χ0n) is 23.6. The summed E-state index contributed by atoms with van der Waals surface area (Å²) in [5.41, 5.74) is -0.138. The number of nitrogens with one attached hydrogen (secondary N) is 2. The van der Waals surface area contributed by atoms with E-state index in [0.29, 0.717) is 31.3 Å². The lowest BCUT2D eigenvalue weighted by Crippen LogP contribution is -2.37. The average Bonchev–Trinajstić information content (AvgIpc) is 2.82. The van der Waals surface area contributed by atoms with Crippen LogP contribution in [0.1, 0.15) is 47.0 Å². The molecule has 2 aromatic carbocycles. The Morgan fingerprint density at radius 3 is 1.57 bits per heavy atom. The highest BCUT2D eigenvalue weighted by Gasteiger charge is 2.16. The van der Waals surface area contributed by atoms with Gasteiger partial charge < -0.3 is 15.1 Å². The molecule has 0 aliphatic carbocycles. The number of Topliss-reactive ketones (excluding diaryl/α,β-unsaturated/α-hetero) is 1. The summed E-state index contributed by atoms with van der Waals surface area (Å²) >= 11 is 0. The molecular weight excluding hydrogens is 592 g/mol. The summed E-state index contributed by atoms with van der Waals surface area (Å²) < 4.78 is 46.5. The number of nitrogens with zero attached hydrogens (tertiary/aromatic N) is 2. The third-order valence-corrected chi connectivity index (χ3v) is 7.71. The van der Waals surface area contributed by atoms with E-state index in [4.69, 9.17) is 0 Å².